The van der Waals surface area contributed by atoms with Gasteiger partial charge in [-0.05, 0) is 37.5 Å². The van der Waals surface area contributed by atoms with E-state index in [1.165, 1.54) is 4.31 Å². The first kappa shape index (κ1) is 22.2. The Balaban J connectivity index is 1.63. The number of benzene rings is 1. The number of hydrogen-bond acceptors (Lipinski definition) is 8. The summed E-state index contributed by atoms with van der Waals surface area (Å²) in [5.74, 6) is -0.869. The zero-order valence-corrected chi connectivity index (χ0v) is 18.0. The second-order valence-electron chi connectivity index (χ2n) is 7.05. The van der Waals surface area contributed by atoms with Gasteiger partial charge < -0.3 is 19.2 Å². The van der Waals surface area contributed by atoms with E-state index in [1.807, 2.05) is 36.8 Å². The molecule has 3 rings (SSSR count). The molecule has 30 heavy (non-hydrogen) atoms. The Bertz CT molecular complexity index is 991. The van der Waals surface area contributed by atoms with E-state index in [0.717, 1.165) is 23.1 Å². The summed E-state index contributed by atoms with van der Waals surface area (Å²) < 4.78 is 44.3. The predicted molar refractivity (Wildman–Crippen MR) is 110 cm³/mol. The zero-order chi connectivity index (χ0) is 21.7. The third kappa shape index (κ3) is 5.57. The van der Waals surface area contributed by atoms with Crippen molar-refractivity contribution in [3.8, 4) is 0 Å². The maximum Gasteiger partial charge on any atom is 0.304 e. The topological polar surface area (TPSA) is 123 Å². The zero-order valence-electron chi connectivity index (χ0n) is 17.2. The van der Waals surface area contributed by atoms with E-state index in [4.69, 9.17) is 13.9 Å². The first-order chi connectivity index (χ1) is 14.3. The fourth-order valence-corrected chi connectivity index (χ4v) is 4.15. The minimum Gasteiger partial charge on any atom is -0.431 e. The normalized spacial score (nSPS) is 18.0. The Morgan fingerprint density at radius 3 is 2.90 bits per heavy atom. The van der Waals surface area contributed by atoms with Crippen molar-refractivity contribution in [1.82, 2.24) is 14.0 Å². The number of anilines is 2. The van der Waals surface area contributed by atoms with E-state index >= 15 is 0 Å². The monoisotopic (exact) mass is 438 g/mol. The lowest BCUT2D eigenvalue weighted by molar-refractivity contribution is 0.00560. The number of hydrogen-bond donors (Lipinski definition) is 2. The number of nitrogens with one attached hydrogen (secondary N) is 2. The Morgan fingerprint density at radius 2 is 2.13 bits per heavy atom. The third-order valence-corrected chi connectivity index (χ3v) is 6.17. The van der Waals surface area contributed by atoms with Gasteiger partial charge in [-0.25, -0.2) is 4.72 Å². The molecular weight excluding hydrogens is 412 g/mol. The van der Waals surface area contributed by atoms with Crippen LogP contribution in [0.15, 0.2) is 28.9 Å². The number of carbonyl (C=O) groups is 1. The van der Waals surface area contributed by atoms with Crippen LogP contribution in [0.5, 0.6) is 0 Å². The molecule has 1 fully saturated rings. The molecule has 1 unspecified atom stereocenters. The molecule has 1 atom stereocenters. The van der Waals surface area contributed by atoms with Gasteiger partial charge in [-0.2, -0.15) is 17.7 Å². The molecule has 0 spiro atoms. The summed E-state index contributed by atoms with van der Waals surface area (Å²) in [4.78, 5) is 16.5. The minimum atomic E-state index is -4.04. The van der Waals surface area contributed by atoms with Crippen LogP contribution in [0.25, 0.3) is 0 Å². The Labute approximate surface area is 175 Å². The number of aromatic nitrogens is 1. The molecule has 1 aliphatic heterocycles. The molecule has 164 valence electrons. The number of rotatable bonds is 7. The number of aryl methyl sites for hydroxylation is 2. The van der Waals surface area contributed by atoms with Crippen LogP contribution in [0.3, 0.4) is 0 Å². The van der Waals surface area contributed by atoms with E-state index in [-0.39, 0.29) is 37.5 Å². The van der Waals surface area contributed by atoms with Gasteiger partial charge in [0.05, 0.1) is 19.3 Å². The summed E-state index contributed by atoms with van der Waals surface area (Å²) in [6, 6.07) is 5.94. The first-order valence-corrected chi connectivity index (χ1v) is 10.9. The molecule has 2 aromatic rings. The number of nitrogens with zero attached hydrogens (tertiary/aromatic N) is 2. The highest BCUT2D eigenvalue weighted by Crippen LogP contribution is 2.21. The van der Waals surface area contributed by atoms with Crippen LogP contribution < -0.4 is 10.0 Å². The van der Waals surface area contributed by atoms with Crippen molar-refractivity contribution in [2.75, 3.05) is 38.7 Å². The predicted octanol–water partition coefficient (Wildman–Crippen LogP) is 1.75. The second-order valence-corrected chi connectivity index (χ2v) is 8.72. The summed E-state index contributed by atoms with van der Waals surface area (Å²) in [5.41, 5.74) is 2.66. The second kappa shape index (κ2) is 9.56. The highest BCUT2D eigenvalue weighted by Gasteiger charge is 2.29. The van der Waals surface area contributed by atoms with Gasteiger partial charge in [0.1, 0.15) is 6.26 Å². The van der Waals surface area contributed by atoms with Gasteiger partial charge in [-0.3, -0.25) is 4.79 Å². The van der Waals surface area contributed by atoms with Crippen LogP contribution in [0.4, 0.5) is 11.7 Å². The smallest absolute Gasteiger partial charge is 0.304 e. The highest BCUT2D eigenvalue weighted by atomic mass is 32.2. The maximum atomic E-state index is 12.6. The van der Waals surface area contributed by atoms with Gasteiger partial charge in [-0.15, -0.1) is 0 Å². The number of carbonyl (C=O) groups excluding carboxylic acids is 1. The van der Waals surface area contributed by atoms with Gasteiger partial charge in [0.15, 0.2) is 5.69 Å². The molecule has 2 N–H and O–H groups in total. The van der Waals surface area contributed by atoms with Crippen LogP contribution in [-0.4, -0.2) is 63.1 Å². The molecular formula is C19H26N4O6S. The Kier molecular flexibility index (Phi) is 7.08. The first-order valence-electron chi connectivity index (χ1n) is 9.51. The molecule has 2 heterocycles. The fourth-order valence-electron chi connectivity index (χ4n) is 3.02. The Hall–Kier alpha value is -2.47. The molecule has 1 saturated heterocycles. The van der Waals surface area contributed by atoms with Gasteiger partial charge in [-0.1, -0.05) is 12.1 Å². The molecule has 11 heteroatoms. The summed E-state index contributed by atoms with van der Waals surface area (Å²) >= 11 is 0. The molecule has 0 saturated carbocycles. The standard InChI is InChI=1S/C19H26N4O6S/c1-13-4-5-14(2)16(10-13)20-19-21-17(12-29-19)18(24)22-30(25,26)23-7-6-15(11-27-3)28-9-8-23/h4-5,10,12,15H,6-9,11H2,1-3H3,(H,20,21)(H,22,24). The lowest BCUT2D eigenvalue weighted by atomic mass is 10.1. The molecule has 10 nitrogen and oxygen atoms in total. The maximum absolute atomic E-state index is 12.6. The van der Waals surface area contributed by atoms with Gasteiger partial charge in [0, 0.05) is 25.9 Å². The van der Waals surface area contributed by atoms with Crippen molar-refractivity contribution in [2.45, 2.75) is 26.4 Å². The van der Waals surface area contributed by atoms with Gasteiger partial charge in [0.25, 0.3) is 11.9 Å². The van der Waals surface area contributed by atoms with Crippen molar-refractivity contribution >= 4 is 27.8 Å². The number of methoxy groups -OCH3 is 1. The van der Waals surface area contributed by atoms with Crippen LogP contribution in [-0.2, 0) is 19.7 Å². The average molecular weight is 439 g/mol. The summed E-state index contributed by atoms with van der Waals surface area (Å²) in [7, 11) is -2.48. The van der Waals surface area contributed by atoms with Crippen LogP contribution in [0.2, 0.25) is 0 Å². The van der Waals surface area contributed by atoms with Crippen molar-refractivity contribution in [3.63, 3.8) is 0 Å². The molecule has 1 amide bonds. The van der Waals surface area contributed by atoms with Crippen molar-refractivity contribution in [2.24, 2.45) is 0 Å². The molecule has 0 aliphatic carbocycles. The van der Waals surface area contributed by atoms with Gasteiger partial charge in [0.2, 0.25) is 0 Å². The van der Waals surface area contributed by atoms with Crippen molar-refractivity contribution in [3.05, 3.63) is 41.3 Å². The molecule has 0 radical (unpaired) electrons. The lowest BCUT2D eigenvalue weighted by Gasteiger charge is -2.19. The molecule has 1 aliphatic rings. The van der Waals surface area contributed by atoms with E-state index in [1.54, 1.807) is 7.11 Å². The molecule has 1 aromatic carbocycles. The average Bonchev–Trinajstić information content (AvgIpc) is 3.02. The van der Waals surface area contributed by atoms with E-state index in [9.17, 15) is 13.2 Å². The number of oxazole rings is 1. The fraction of sp³-hybridized carbons (Fsp3) is 0.474. The molecule has 1 aromatic heterocycles. The van der Waals surface area contributed by atoms with E-state index in [0.29, 0.717) is 13.0 Å². The lowest BCUT2D eigenvalue weighted by Crippen LogP contribution is -2.44. The van der Waals surface area contributed by atoms with E-state index in [2.05, 4.69) is 10.3 Å². The summed E-state index contributed by atoms with van der Waals surface area (Å²) in [6.45, 7) is 4.84. The quantitative estimate of drug-likeness (QED) is 0.670. The number of ether oxygens (including phenoxy) is 2. The van der Waals surface area contributed by atoms with Crippen LogP contribution >= 0.6 is 0 Å². The summed E-state index contributed by atoms with van der Waals surface area (Å²) in [5, 5.41) is 2.99. The summed E-state index contributed by atoms with van der Waals surface area (Å²) in [6.07, 6.45) is 1.40. The third-order valence-electron chi connectivity index (χ3n) is 4.68. The Morgan fingerprint density at radius 1 is 1.33 bits per heavy atom. The van der Waals surface area contributed by atoms with Crippen molar-refractivity contribution < 1.29 is 27.1 Å². The van der Waals surface area contributed by atoms with Gasteiger partial charge >= 0.3 is 10.2 Å². The van der Waals surface area contributed by atoms with Crippen LogP contribution in [0.1, 0.15) is 28.0 Å². The molecule has 0 bridgehead atoms. The number of amides is 1. The minimum absolute atomic E-state index is 0.0943. The van der Waals surface area contributed by atoms with Crippen molar-refractivity contribution in [1.29, 1.82) is 0 Å². The highest BCUT2D eigenvalue weighted by molar-refractivity contribution is 7.87. The SMILES string of the molecule is COCC1CCN(S(=O)(=O)NC(=O)c2coc(Nc3cc(C)ccc3C)n2)CCO1. The van der Waals surface area contributed by atoms with Crippen LogP contribution in [0, 0.1) is 13.8 Å². The van der Waals surface area contributed by atoms with E-state index < -0.39 is 16.1 Å². The largest absolute Gasteiger partial charge is 0.431 e.